The first-order valence-corrected chi connectivity index (χ1v) is 32.9. The number of carbonyl (C=O) groups is 8. The minimum absolute atomic E-state index is 0.220. The van der Waals surface area contributed by atoms with Crippen molar-refractivity contribution in [1.82, 2.24) is 54.4 Å². The Labute approximate surface area is 560 Å². The Kier molecular flexibility index (Phi) is 21.1. The quantitative estimate of drug-likeness (QED) is 0.0373. The number of piperidine rings is 3. The largest absolute Gasteiger partial charge is 0.479 e. The fraction of sp³-hybridized carbons (Fsp3) is 0.411. The molecule has 0 bridgehead atoms. The number of pyridine rings is 3. The molecule has 4 aliphatic heterocycles. The Bertz CT molecular complexity index is 4560. The van der Waals surface area contributed by atoms with Crippen molar-refractivity contribution in [3.05, 3.63) is 121 Å². The average Bonchev–Trinajstić information content (AvgIpc) is 1.61. The van der Waals surface area contributed by atoms with Gasteiger partial charge in [-0.25, -0.2) is 19.7 Å². The molecule has 0 radical (unpaired) electrons. The zero-order valence-corrected chi connectivity index (χ0v) is 55.7. The van der Waals surface area contributed by atoms with Crippen LogP contribution in [0.25, 0.3) is 65.7 Å². The zero-order chi connectivity index (χ0) is 68.5. The molecule has 24 heteroatoms. The number of carbonyl (C=O) groups excluding carboxylic acids is 8. The summed E-state index contributed by atoms with van der Waals surface area (Å²) in [7, 11) is 1.56. The molecule has 13 rings (SSSR count). The number of esters is 1. The number of nitrogens with zero attached hydrogens (tertiary/aromatic N) is 8. The van der Waals surface area contributed by atoms with Crippen LogP contribution in [0, 0.1) is 11.8 Å². The van der Waals surface area contributed by atoms with E-state index < -0.39 is 29.3 Å². The SMILES string of the molecule is CC(C)(C)OC(=O)CCCOCCOCC#Cc1ccc2c(c1)c1cccnc1n2C1CCC(=O)NC1=O.CC(C)(C)OC(=O)N1CCN(CCc2ccc3c(c2)c2cccnc2n3C2CCC(=O)NC2=O)CC1.COc1nccc2c3ccccc3n(C3CCC(=O)NC3=O)c12. The van der Waals surface area contributed by atoms with Gasteiger partial charge in [0.1, 0.15) is 52.7 Å². The molecule has 3 aromatic carbocycles. The predicted molar refractivity (Wildman–Crippen MR) is 364 cm³/mol. The van der Waals surface area contributed by atoms with Crippen molar-refractivity contribution in [3.63, 3.8) is 0 Å². The highest BCUT2D eigenvalue weighted by atomic mass is 16.6. The summed E-state index contributed by atoms with van der Waals surface area (Å²) >= 11 is 0. The number of rotatable bonds is 15. The third kappa shape index (κ3) is 16.1. The lowest BCUT2D eigenvalue weighted by Gasteiger charge is -2.35. The summed E-state index contributed by atoms with van der Waals surface area (Å²) in [6, 6.07) is 28.4. The number of nitrogens with one attached hydrogen (secondary N) is 3. The summed E-state index contributed by atoms with van der Waals surface area (Å²) in [6.45, 7) is 16.6. The Morgan fingerprint density at radius 1 is 0.557 bits per heavy atom. The van der Waals surface area contributed by atoms with Crippen LogP contribution in [0.1, 0.15) is 122 Å². The van der Waals surface area contributed by atoms with Crippen LogP contribution in [0.3, 0.4) is 0 Å². The van der Waals surface area contributed by atoms with Crippen molar-refractivity contribution < 1.29 is 62.0 Å². The summed E-state index contributed by atoms with van der Waals surface area (Å²) in [6.07, 6.45) is 9.03. The molecule has 10 heterocycles. The van der Waals surface area contributed by atoms with E-state index in [4.69, 9.17) is 23.7 Å². The second kappa shape index (κ2) is 29.9. The van der Waals surface area contributed by atoms with Crippen molar-refractivity contribution in [3.8, 4) is 17.7 Å². The molecular weight excluding hydrogens is 1240 g/mol. The molecule has 97 heavy (non-hydrogen) atoms. The number of methoxy groups -OCH3 is 1. The van der Waals surface area contributed by atoms with Crippen LogP contribution in [0.15, 0.2) is 110 Å². The summed E-state index contributed by atoms with van der Waals surface area (Å²) in [5, 5.41) is 13.3. The van der Waals surface area contributed by atoms with Crippen molar-refractivity contribution in [1.29, 1.82) is 0 Å². The number of benzene rings is 3. The highest BCUT2D eigenvalue weighted by Gasteiger charge is 2.35. The van der Waals surface area contributed by atoms with E-state index in [-0.39, 0.29) is 54.1 Å². The molecule has 9 aromatic rings. The summed E-state index contributed by atoms with van der Waals surface area (Å²) in [4.78, 5) is 114. The fourth-order valence-electron chi connectivity index (χ4n) is 12.8. The standard InChI is InChI=1S/C29H33N3O6.C27H33N5O4.C17H15N3O3/c1-29(2,3)38-26(34)9-6-16-37-18-17-36-15-5-7-20-10-11-23-22(19-20)21-8-4-14-30-27(21)32(23)24-12-13-25(33)31-28(24)35;1-27(2,3)36-26(35)31-15-13-30(14-16-31)12-10-18-6-7-21-20(17-18)19-5-4-11-28-24(19)32(21)22-8-9-23(33)29-25(22)34;1-23-17-15-11(8-9-18-17)10-4-2-3-5-12(10)20(15)13-6-7-14(21)19-16(13)22/h4,8,10-11,14,19,24H,6,9,12-13,15-18H2,1-3H3,(H,31,33,35);4-7,11,17,22H,8-10,12-16H2,1-3H3,(H,29,33,34);2-5,8-9,13H,6-7H2,1H3,(H,19,21,22). The van der Waals surface area contributed by atoms with E-state index in [1.807, 2.05) is 128 Å². The molecule has 3 atom stereocenters. The van der Waals surface area contributed by atoms with Crippen LogP contribution in [0.5, 0.6) is 5.88 Å². The molecule has 24 nitrogen and oxygen atoms in total. The van der Waals surface area contributed by atoms with E-state index in [1.54, 1.807) is 30.6 Å². The lowest BCUT2D eigenvalue weighted by molar-refractivity contribution is -0.155. The van der Waals surface area contributed by atoms with E-state index in [2.05, 4.69) is 65.8 Å². The third-order valence-corrected chi connectivity index (χ3v) is 17.1. The van der Waals surface area contributed by atoms with Gasteiger partial charge in [0, 0.05) is 121 Å². The predicted octanol–water partition coefficient (Wildman–Crippen LogP) is 9.11. The number of hydrogen-bond donors (Lipinski definition) is 3. The summed E-state index contributed by atoms with van der Waals surface area (Å²) in [5.74, 6) is 4.85. The van der Waals surface area contributed by atoms with Gasteiger partial charge in [-0.05, 0) is 146 Å². The Morgan fingerprint density at radius 3 is 1.69 bits per heavy atom. The van der Waals surface area contributed by atoms with Gasteiger partial charge in [-0.1, -0.05) is 36.1 Å². The maximum atomic E-state index is 12.6. The number of amides is 7. The lowest BCUT2D eigenvalue weighted by Crippen LogP contribution is -2.50. The number of para-hydroxylation sites is 1. The molecule has 0 spiro atoms. The van der Waals surface area contributed by atoms with Gasteiger partial charge >= 0.3 is 12.1 Å². The second-order valence-corrected chi connectivity index (χ2v) is 26.3. The number of imide groups is 3. The van der Waals surface area contributed by atoms with E-state index >= 15 is 0 Å². The Morgan fingerprint density at radius 2 is 1.10 bits per heavy atom. The van der Waals surface area contributed by atoms with Crippen molar-refractivity contribution in [2.75, 3.05) is 66.3 Å². The van der Waals surface area contributed by atoms with Crippen LogP contribution >= 0.6 is 0 Å². The molecule has 3 unspecified atom stereocenters. The number of aromatic nitrogens is 6. The number of fused-ring (bicyclic) bond motifs is 9. The number of piperazine rings is 1. The molecule has 0 saturated carbocycles. The monoisotopic (exact) mass is 1320 g/mol. The van der Waals surface area contributed by atoms with Gasteiger partial charge in [0.25, 0.3) is 0 Å². The highest BCUT2D eigenvalue weighted by molar-refractivity contribution is 6.13. The fourth-order valence-corrected chi connectivity index (χ4v) is 12.8. The molecule has 0 aliphatic carbocycles. The smallest absolute Gasteiger partial charge is 0.410 e. The van der Waals surface area contributed by atoms with Gasteiger partial charge < -0.3 is 42.3 Å². The Balaban J connectivity index is 0.000000152. The van der Waals surface area contributed by atoms with Gasteiger partial charge in [-0.15, -0.1) is 0 Å². The van der Waals surface area contributed by atoms with Gasteiger partial charge in [0.15, 0.2) is 0 Å². The third-order valence-electron chi connectivity index (χ3n) is 17.1. The summed E-state index contributed by atoms with van der Waals surface area (Å²) in [5.41, 5.74) is 6.09. The molecule has 7 amide bonds. The van der Waals surface area contributed by atoms with Gasteiger partial charge in [0.05, 0.1) is 36.9 Å². The van der Waals surface area contributed by atoms with Crippen LogP contribution in [-0.2, 0) is 58.9 Å². The van der Waals surface area contributed by atoms with Crippen molar-refractivity contribution >= 4 is 113 Å². The minimum atomic E-state index is -0.493. The van der Waals surface area contributed by atoms with Gasteiger partial charge in [-0.2, -0.15) is 0 Å². The molecule has 4 saturated heterocycles. The average molecular weight is 1320 g/mol. The lowest BCUT2D eigenvalue weighted by atomic mass is 10.0. The molecule has 506 valence electrons. The first-order valence-electron chi connectivity index (χ1n) is 32.9. The highest BCUT2D eigenvalue weighted by Crippen LogP contribution is 2.39. The first kappa shape index (κ1) is 68.3. The van der Waals surface area contributed by atoms with E-state index in [0.717, 1.165) is 91.6 Å². The molecule has 6 aromatic heterocycles. The molecule has 4 aliphatic rings. The first-order chi connectivity index (χ1) is 46.6. The molecule has 4 fully saturated rings. The maximum Gasteiger partial charge on any atom is 0.410 e. The normalized spacial score (nSPS) is 17.8. The summed E-state index contributed by atoms with van der Waals surface area (Å²) < 4.78 is 33.0. The number of hydrogen-bond acceptors (Lipinski definition) is 17. The van der Waals surface area contributed by atoms with Crippen LogP contribution < -0.4 is 20.7 Å². The molecule has 3 N–H and O–H groups in total. The van der Waals surface area contributed by atoms with Crippen molar-refractivity contribution in [2.45, 2.75) is 129 Å². The van der Waals surface area contributed by atoms with Crippen molar-refractivity contribution in [2.24, 2.45) is 0 Å². The maximum absolute atomic E-state index is 12.6. The van der Waals surface area contributed by atoms with Gasteiger partial charge in [0.2, 0.25) is 41.3 Å². The van der Waals surface area contributed by atoms with E-state index in [9.17, 15) is 38.4 Å². The Hall–Kier alpha value is -10.1. The van der Waals surface area contributed by atoms with Crippen LogP contribution in [0.4, 0.5) is 4.79 Å². The van der Waals surface area contributed by atoms with Gasteiger partial charge in [-0.3, -0.25) is 54.4 Å². The molecular formula is C73H81N11O13. The van der Waals surface area contributed by atoms with E-state index in [0.29, 0.717) is 95.8 Å². The second-order valence-electron chi connectivity index (χ2n) is 26.3. The van der Waals surface area contributed by atoms with Crippen LogP contribution in [-0.4, -0.2) is 163 Å². The zero-order valence-electron chi connectivity index (χ0n) is 55.7. The minimum Gasteiger partial charge on any atom is -0.479 e. The van der Waals surface area contributed by atoms with Crippen LogP contribution in [0.2, 0.25) is 0 Å². The number of ether oxygens (including phenoxy) is 5. The van der Waals surface area contributed by atoms with E-state index in [1.165, 1.54) is 5.56 Å². The topological polar surface area (TPSA) is 279 Å².